The zero-order valence-electron chi connectivity index (χ0n) is 18.3. The molecule has 174 valence electrons. The van der Waals surface area contributed by atoms with E-state index in [1.165, 1.54) is 30.0 Å². The molecular weight excluding hydrogens is 490 g/mol. The molecule has 0 saturated heterocycles. The molecule has 5 rings (SSSR count). The van der Waals surface area contributed by atoms with E-state index in [0.717, 1.165) is 34.0 Å². The lowest BCUT2D eigenvalue weighted by Crippen LogP contribution is -2.30. The average molecular weight is 512 g/mol. The van der Waals surface area contributed by atoms with Gasteiger partial charge in [-0.1, -0.05) is 73.1 Å². The van der Waals surface area contributed by atoms with Gasteiger partial charge >= 0.3 is 0 Å². The van der Waals surface area contributed by atoms with E-state index < -0.39 is 16.1 Å². The molecule has 6 nitrogen and oxygen atoms in total. The molecule has 4 aromatic rings. The highest BCUT2D eigenvalue weighted by Gasteiger charge is 2.38. The number of thioether (sulfide) groups is 1. The lowest BCUT2D eigenvalue weighted by atomic mass is 10.1. The van der Waals surface area contributed by atoms with E-state index in [2.05, 4.69) is 14.7 Å². The second-order valence-corrected chi connectivity index (χ2v) is 11.5. The van der Waals surface area contributed by atoms with Crippen molar-refractivity contribution in [1.82, 2.24) is 14.7 Å². The Morgan fingerprint density at radius 1 is 1.06 bits per heavy atom. The van der Waals surface area contributed by atoms with Crippen LogP contribution in [-0.4, -0.2) is 18.4 Å². The number of aryl methyl sites for hydroxylation is 1. The first-order valence-corrected chi connectivity index (χ1v) is 13.7. The highest BCUT2D eigenvalue weighted by molar-refractivity contribution is 7.99. The molecule has 0 amide bonds. The molecule has 0 unspecified atom stereocenters. The molecule has 9 heteroatoms. The molecule has 0 saturated carbocycles. The Morgan fingerprint density at radius 2 is 1.76 bits per heavy atom. The number of nitrogens with zero attached hydrogens (tertiary/aromatic N) is 1. The van der Waals surface area contributed by atoms with Gasteiger partial charge in [0.1, 0.15) is 0 Å². The summed E-state index contributed by atoms with van der Waals surface area (Å²) in [6.07, 6.45) is 1.57. The van der Waals surface area contributed by atoms with E-state index in [1.54, 1.807) is 12.1 Å². The van der Waals surface area contributed by atoms with Gasteiger partial charge in [-0.05, 0) is 52.6 Å². The minimum Gasteiger partial charge on any atom is -0.301 e. The molecule has 0 aliphatic heterocycles. The molecule has 3 aromatic carbocycles. The average Bonchev–Trinajstić information content (AvgIpc) is 3.08. The summed E-state index contributed by atoms with van der Waals surface area (Å²) in [5.74, 6) is 0. The number of hydrogen-bond acceptors (Lipinski definition) is 5. The zero-order chi connectivity index (χ0) is 23.9. The van der Waals surface area contributed by atoms with Crippen LogP contribution < -0.4 is 10.3 Å². The van der Waals surface area contributed by atoms with Crippen LogP contribution in [0, 0.1) is 0 Å². The van der Waals surface area contributed by atoms with Crippen LogP contribution >= 0.6 is 23.4 Å². The van der Waals surface area contributed by atoms with Gasteiger partial charge in [0.15, 0.2) is 5.16 Å². The van der Waals surface area contributed by atoms with Gasteiger partial charge in [0.25, 0.3) is 5.56 Å². The molecular formula is C25H22ClN3O3S2. The van der Waals surface area contributed by atoms with E-state index in [-0.39, 0.29) is 15.7 Å². The molecule has 0 fully saturated rings. The fraction of sp³-hybridized carbons (Fsp3) is 0.200. The Hall–Kier alpha value is -2.65. The van der Waals surface area contributed by atoms with Gasteiger partial charge in [0.05, 0.1) is 16.2 Å². The molecule has 1 aliphatic carbocycles. The van der Waals surface area contributed by atoms with Crippen LogP contribution in [0.25, 0.3) is 10.8 Å². The summed E-state index contributed by atoms with van der Waals surface area (Å²) in [6.45, 7) is 2.03. The van der Waals surface area contributed by atoms with Gasteiger partial charge in [-0.25, -0.2) is 18.1 Å². The lowest BCUT2D eigenvalue weighted by Gasteiger charge is -2.22. The molecule has 2 N–H and O–H groups in total. The van der Waals surface area contributed by atoms with Crippen LogP contribution in [0.3, 0.4) is 0 Å². The van der Waals surface area contributed by atoms with Crippen LogP contribution in [0.1, 0.15) is 41.5 Å². The number of sulfonamides is 1. The summed E-state index contributed by atoms with van der Waals surface area (Å²) in [4.78, 5) is 19.8. The largest absolute Gasteiger partial charge is 0.301 e. The van der Waals surface area contributed by atoms with Crippen molar-refractivity contribution in [2.45, 2.75) is 41.1 Å². The van der Waals surface area contributed by atoms with Crippen molar-refractivity contribution in [2.24, 2.45) is 0 Å². The van der Waals surface area contributed by atoms with E-state index >= 15 is 0 Å². The van der Waals surface area contributed by atoms with Gasteiger partial charge in [0.2, 0.25) is 10.0 Å². The molecule has 2 atom stereocenters. The summed E-state index contributed by atoms with van der Waals surface area (Å²) in [5, 5.41) is 2.69. The first kappa shape index (κ1) is 23.1. The fourth-order valence-electron chi connectivity index (χ4n) is 4.39. The fourth-order valence-corrected chi connectivity index (χ4v) is 7.07. The lowest BCUT2D eigenvalue weighted by molar-refractivity contribution is 0.557. The van der Waals surface area contributed by atoms with Crippen molar-refractivity contribution in [2.75, 3.05) is 0 Å². The van der Waals surface area contributed by atoms with Crippen LogP contribution in [0.4, 0.5) is 0 Å². The zero-order valence-corrected chi connectivity index (χ0v) is 20.7. The minimum atomic E-state index is -3.84. The van der Waals surface area contributed by atoms with Gasteiger partial charge in [-0.15, -0.1) is 0 Å². The maximum Gasteiger partial charge on any atom is 0.251 e. The van der Waals surface area contributed by atoms with Crippen molar-refractivity contribution in [3.63, 3.8) is 0 Å². The quantitative estimate of drug-likeness (QED) is 0.324. The second kappa shape index (κ2) is 9.19. The van der Waals surface area contributed by atoms with Crippen LogP contribution in [0.15, 0.2) is 81.6 Å². The van der Waals surface area contributed by atoms with Gasteiger partial charge in [-0.2, -0.15) is 0 Å². The molecule has 1 aromatic heterocycles. The molecule has 0 radical (unpaired) electrons. The topological polar surface area (TPSA) is 91.9 Å². The SMILES string of the molecule is CCCc1cc(=O)[nH]c(S[C@H]2c3cccc4cccc(c34)[C@H]2NS(=O)(=O)c2ccc(Cl)cc2)n1. The van der Waals surface area contributed by atoms with Crippen LogP contribution in [-0.2, 0) is 16.4 Å². The summed E-state index contributed by atoms with van der Waals surface area (Å²) in [6, 6.07) is 18.9. The van der Waals surface area contributed by atoms with Gasteiger partial charge in [0, 0.05) is 16.8 Å². The smallest absolute Gasteiger partial charge is 0.251 e. The number of H-pyrrole nitrogens is 1. The Balaban J connectivity index is 1.58. The third kappa shape index (κ3) is 4.38. The maximum absolute atomic E-state index is 13.3. The molecule has 0 spiro atoms. The van der Waals surface area contributed by atoms with E-state index in [0.29, 0.717) is 16.6 Å². The Labute approximate surface area is 206 Å². The Kier molecular flexibility index (Phi) is 6.24. The van der Waals surface area contributed by atoms with Crippen molar-refractivity contribution in [3.05, 3.63) is 98.9 Å². The summed E-state index contributed by atoms with van der Waals surface area (Å²) >= 11 is 7.32. The van der Waals surface area contributed by atoms with E-state index in [9.17, 15) is 13.2 Å². The Bertz CT molecular complexity index is 1530. The number of aromatic nitrogens is 2. The summed E-state index contributed by atoms with van der Waals surface area (Å²) in [5.41, 5.74) is 2.41. The third-order valence-corrected chi connectivity index (χ3v) is 8.74. The number of halogens is 1. The molecule has 0 bridgehead atoms. The number of nitrogens with one attached hydrogen (secondary N) is 2. The van der Waals surface area contributed by atoms with E-state index in [1.807, 2.05) is 43.3 Å². The number of rotatable bonds is 7. The first-order chi connectivity index (χ1) is 16.4. The minimum absolute atomic E-state index is 0.139. The van der Waals surface area contributed by atoms with Crippen molar-refractivity contribution in [1.29, 1.82) is 0 Å². The second-order valence-electron chi connectivity index (χ2n) is 8.18. The third-order valence-electron chi connectivity index (χ3n) is 5.84. The Morgan fingerprint density at radius 3 is 2.47 bits per heavy atom. The number of hydrogen-bond donors (Lipinski definition) is 2. The first-order valence-electron chi connectivity index (χ1n) is 10.9. The monoisotopic (exact) mass is 511 g/mol. The predicted molar refractivity (Wildman–Crippen MR) is 136 cm³/mol. The highest BCUT2D eigenvalue weighted by Crippen LogP contribution is 2.52. The van der Waals surface area contributed by atoms with Crippen LogP contribution in [0.2, 0.25) is 5.02 Å². The molecule has 34 heavy (non-hydrogen) atoms. The standard InChI is InChI=1S/C25H22ClN3O3S2/c1-2-5-17-14-21(30)28-25(27-17)33-24-20-9-4-7-15-6-3-8-19(22(15)20)23(24)29-34(31,32)18-12-10-16(26)11-13-18/h3-4,6-14,23-24,29H,2,5H2,1H3,(H,27,28,30)/t23-,24+/m1/s1. The molecule has 1 heterocycles. The van der Waals surface area contributed by atoms with Gasteiger partial charge < -0.3 is 4.98 Å². The summed E-state index contributed by atoms with van der Waals surface area (Å²) in [7, 11) is -3.84. The highest BCUT2D eigenvalue weighted by atomic mass is 35.5. The number of benzene rings is 3. The van der Waals surface area contributed by atoms with Gasteiger partial charge in [-0.3, -0.25) is 4.79 Å². The normalized spacial score (nSPS) is 17.4. The van der Waals surface area contributed by atoms with Crippen molar-refractivity contribution in [3.8, 4) is 0 Å². The predicted octanol–water partition coefficient (Wildman–Crippen LogP) is 5.40. The van der Waals surface area contributed by atoms with E-state index in [4.69, 9.17) is 11.6 Å². The maximum atomic E-state index is 13.3. The van der Waals surface area contributed by atoms with Crippen LogP contribution in [0.5, 0.6) is 0 Å². The summed E-state index contributed by atoms with van der Waals surface area (Å²) < 4.78 is 29.6. The number of aromatic amines is 1. The molecule has 1 aliphatic rings. The van der Waals surface area contributed by atoms with Crippen molar-refractivity contribution < 1.29 is 8.42 Å². The van der Waals surface area contributed by atoms with Crippen molar-refractivity contribution >= 4 is 44.2 Å².